The minimum atomic E-state index is -4.63. The Bertz CT molecular complexity index is 1230. The van der Waals surface area contributed by atoms with Gasteiger partial charge >= 0.3 is 18.2 Å². The van der Waals surface area contributed by atoms with Crippen LogP contribution in [0.25, 0.3) is 11.1 Å². The summed E-state index contributed by atoms with van der Waals surface area (Å²) in [5.74, 6) is -1.52. The van der Waals surface area contributed by atoms with Crippen LogP contribution in [0.1, 0.15) is 28.2 Å². The Labute approximate surface area is 204 Å². The van der Waals surface area contributed by atoms with Crippen molar-refractivity contribution >= 4 is 23.7 Å². The Kier molecular flexibility index (Phi) is 6.76. The summed E-state index contributed by atoms with van der Waals surface area (Å²) in [5, 5.41) is 9.15. The third kappa shape index (κ3) is 4.98. The third-order valence-electron chi connectivity index (χ3n) is 6.14. The number of carboxylic acid groups (broad SMARTS) is 1. The van der Waals surface area contributed by atoms with Crippen molar-refractivity contribution in [2.75, 3.05) is 13.7 Å². The second-order valence-electron chi connectivity index (χ2n) is 8.29. The van der Waals surface area contributed by atoms with Gasteiger partial charge in [-0.15, -0.1) is 0 Å². The summed E-state index contributed by atoms with van der Waals surface area (Å²) in [4.78, 5) is 25.6. The highest BCUT2D eigenvalue weighted by Crippen LogP contribution is 2.44. The first-order chi connectivity index (χ1) is 16.6. The molecule has 182 valence electrons. The minimum absolute atomic E-state index is 0.00957. The van der Waals surface area contributed by atoms with Crippen molar-refractivity contribution in [2.45, 2.75) is 24.6 Å². The quantitative estimate of drug-likeness (QED) is 0.432. The van der Waals surface area contributed by atoms with Crippen molar-refractivity contribution in [3.05, 3.63) is 94.0 Å². The molecule has 1 atom stereocenters. The van der Waals surface area contributed by atoms with Gasteiger partial charge in [-0.1, -0.05) is 66.2 Å². The highest BCUT2D eigenvalue weighted by molar-refractivity contribution is 6.31. The molecule has 1 N–H and O–H groups in total. The third-order valence-corrected chi connectivity index (χ3v) is 6.46. The Morgan fingerprint density at radius 3 is 2.11 bits per heavy atom. The highest BCUT2D eigenvalue weighted by atomic mass is 35.5. The van der Waals surface area contributed by atoms with Crippen LogP contribution < -0.4 is 0 Å². The average molecular weight is 504 g/mol. The Morgan fingerprint density at radius 2 is 1.60 bits per heavy atom. The topological polar surface area (TPSA) is 66.8 Å². The zero-order chi connectivity index (χ0) is 25.3. The first kappa shape index (κ1) is 24.6. The molecular formula is C26H21ClF3NO4. The maximum Gasteiger partial charge on any atom is 0.417 e. The first-order valence-electron chi connectivity index (χ1n) is 10.7. The molecule has 0 spiro atoms. The summed E-state index contributed by atoms with van der Waals surface area (Å²) in [6.07, 6.45) is -5.72. The molecule has 9 heteroatoms. The molecule has 1 aliphatic carbocycles. The van der Waals surface area contributed by atoms with E-state index in [1.165, 1.54) is 7.05 Å². The summed E-state index contributed by atoms with van der Waals surface area (Å²) < 4.78 is 44.4. The number of likely N-dealkylation sites (N-methyl/N-ethyl adjacent to an activating group) is 1. The van der Waals surface area contributed by atoms with Crippen LogP contribution in [0.3, 0.4) is 0 Å². The van der Waals surface area contributed by atoms with Crippen LogP contribution in [0.5, 0.6) is 0 Å². The molecule has 3 aromatic carbocycles. The van der Waals surface area contributed by atoms with E-state index in [0.29, 0.717) is 0 Å². The van der Waals surface area contributed by atoms with E-state index in [-0.39, 0.29) is 24.5 Å². The van der Waals surface area contributed by atoms with Crippen molar-refractivity contribution in [3.8, 4) is 11.1 Å². The highest BCUT2D eigenvalue weighted by Gasteiger charge is 2.34. The van der Waals surface area contributed by atoms with Crippen molar-refractivity contribution in [1.82, 2.24) is 4.90 Å². The molecule has 0 bridgehead atoms. The molecule has 1 unspecified atom stereocenters. The van der Waals surface area contributed by atoms with Gasteiger partial charge in [-0.25, -0.2) is 9.59 Å². The number of alkyl halides is 3. The summed E-state index contributed by atoms with van der Waals surface area (Å²) in [6, 6.07) is 17.2. The zero-order valence-corrected chi connectivity index (χ0v) is 19.3. The molecule has 0 saturated heterocycles. The number of ether oxygens (including phenoxy) is 1. The lowest BCUT2D eigenvalue weighted by Gasteiger charge is -2.25. The van der Waals surface area contributed by atoms with Crippen LogP contribution in [0.4, 0.5) is 18.0 Å². The Morgan fingerprint density at radius 1 is 1.03 bits per heavy atom. The van der Waals surface area contributed by atoms with Gasteiger partial charge in [-0.05, 0) is 39.9 Å². The van der Waals surface area contributed by atoms with Crippen LogP contribution >= 0.6 is 11.6 Å². The fourth-order valence-corrected chi connectivity index (χ4v) is 4.66. The summed E-state index contributed by atoms with van der Waals surface area (Å²) in [5.41, 5.74) is 3.37. The van der Waals surface area contributed by atoms with Crippen LogP contribution in [0, 0.1) is 0 Å². The normalized spacial score (nSPS) is 13.6. The number of amides is 1. The van der Waals surface area contributed by atoms with E-state index < -0.39 is 34.9 Å². The number of hydrogen-bond donors (Lipinski definition) is 1. The lowest BCUT2D eigenvalue weighted by molar-refractivity contribution is -0.142. The first-order valence-corrected chi connectivity index (χ1v) is 11.1. The summed E-state index contributed by atoms with van der Waals surface area (Å²) in [6.45, 7) is 0.00957. The molecule has 4 rings (SSSR count). The average Bonchev–Trinajstić information content (AvgIpc) is 3.13. The van der Waals surface area contributed by atoms with E-state index in [1.54, 1.807) is 0 Å². The van der Waals surface area contributed by atoms with Crippen molar-refractivity contribution < 1.29 is 32.6 Å². The van der Waals surface area contributed by atoms with Gasteiger partial charge in [0.15, 0.2) is 0 Å². The number of aliphatic carboxylic acids is 1. The van der Waals surface area contributed by atoms with Gasteiger partial charge in [0.25, 0.3) is 0 Å². The van der Waals surface area contributed by atoms with Gasteiger partial charge in [0.05, 0.1) is 10.6 Å². The second-order valence-corrected chi connectivity index (χ2v) is 8.69. The molecule has 35 heavy (non-hydrogen) atoms. The van der Waals surface area contributed by atoms with Crippen LogP contribution in [-0.4, -0.2) is 41.8 Å². The standard InChI is InChI=1S/C26H21ClF3NO4/c1-31(23(24(32)33)13-15-10-11-21(22(27)12-15)26(28,29)30)25(34)35-14-20-18-8-4-2-6-16(18)17-7-3-5-9-19(17)20/h2-12,20,23H,13-14H2,1H3,(H,32,33). The number of rotatable bonds is 6. The zero-order valence-electron chi connectivity index (χ0n) is 18.6. The Hall–Kier alpha value is -3.52. The van der Waals surface area contributed by atoms with Gasteiger partial charge < -0.3 is 9.84 Å². The monoisotopic (exact) mass is 503 g/mol. The van der Waals surface area contributed by atoms with Crippen molar-refractivity contribution in [2.24, 2.45) is 0 Å². The largest absolute Gasteiger partial charge is 0.480 e. The number of carbonyl (C=O) groups excluding carboxylic acids is 1. The lowest BCUT2D eigenvalue weighted by Crippen LogP contribution is -2.44. The number of fused-ring (bicyclic) bond motifs is 3. The van der Waals surface area contributed by atoms with Crippen LogP contribution in [-0.2, 0) is 22.1 Å². The minimum Gasteiger partial charge on any atom is -0.480 e. The van der Waals surface area contributed by atoms with E-state index in [4.69, 9.17) is 16.3 Å². The lowest BCUT2D eigenvalue weighted by atomic mass is 9.98. The number of carboxylic acids is 1. The number of hydrogen-bond acceptors (Lipinski definition) is 3. The Balaban J connectivity index is 1.47. The van der Waals surface area contributed by atoms with Crippen molar-refractivity contribution in [1.29, 1.82) is 0 Å². The molecule has 0 saturated carbocycles. The van der Waals surface area contributed by atoms with Crippen LogP contribution in [0.15, 0.2) is 66.7 Å². The fourth-order valence-electron chi connectivity index (χ4n) is 4.35. The van der Waals surface area contributed by atoms with Gasteiger partial charge in [0, 0.05) is 19.4 Å². The molecule has 0 heterocycles. The molecule has 1 aliphatic rings. The predicted molar refractivity (Wildman–Crippen MR) is 124 cm³/mol. The van der Waals surface area contributed by atoms with E-state index in [1.807, 2.05) is 48.5 Å². The van der Waals surface area contributed by atoms with Gasteiger partial charge in [-0.2, -0.15) is 13.2 Å². The molecule has 0 aromatic heterocycles. The molecule has 0 fully saturated rings. The van der Waals surface area contributed by atoms with Gasteiger partial charge in [0.2, 0.25) is 0 Å². The molecule has 3 aromatic rings. The van der Waals surface area contributed by atoms with E-state index >= 15 is 0 Å². The number of halogens is 4. The molecule has 0 radical (unpaired) electrons. The fraction of sp³-hybridized carbons (Fsp3) is 0.231. The second kappa shape index (κ2) is 9.62. The maximum absolute atomic E-state index is 13.0. The predicted octanol–water partition coefficient (Wildman–Crippen LogP) is 6.24. The number of benzene rings is 3. The van der Waals surface area contributed by atoms with Gasteiger partial charge in [0.1, 0.15) is 12.6 Å². The van der Waals surface area contributed by atoms with E-state index in [2.05, 4.69) is 0 Å². The van der Waals surface area contributed by atoms with E-state index in [0.717, 1.165) is 45.4 Å². The van der Waals surface area contributed by atoms with Crippen LogP contribution in [0.2, 0.25) is 5.02 Å². The van der Waals surface area contributed by atoms with Gasteiger partial charge in [-0.3, -0.25) is 4.90 Å². The maximum atomic E-state index is 13.0. The molecule has 1 amide bonds. The summed E-state index contributed by atoms with van der Waals surface area (Å²) in [7, 11) is 1.28. The molecule has 5 nitrogen and oxygen atoms in total. The summed E-state index contributed by atoms with van der Waals surface area (Å²) >= 11 is 5.75. The molecular weight excluding hydrogens is 483 g/mol. The van der Waals surface area contributed by atoms with Crippen molar-refractivity contribution in [3.63, 3.8) is 0 Å². The molecule has 0 aliphatic heterocycles. The van der Waals surface area contributed by atoms with E-state index in [9.17, 15) is 27.9 Å². The SMILES string of the molecule is CN(C(=O)OCC1c2ccccc2-c2ccccc21)C(Cc1ccc(C(F)(F)F)c(Cl)c1)C(=O)O. The number of carbonyl (C=O) groups is 2. The smallest absolute Gasteiger partial charge is 0.417 e. The number of nitrogens with zero attached hydrogens (tertiary/aromatic N) is 1.